The first-order valence-corrected chi connectivity index (χ1v) is 13.9. The Morgan fingerprint density at radius 1 is 1.19 bits per heavy atom. The first kappa shape index (κ1) is 30.0. The van der Waals surface area contributed by atoms with Crippen LogP contribution in [0.3, 0.4) is 0 Å². The van der Waals surface area contributed by atoms with Gasteiger partial charge in [-0.25, -0.2) is 4.57 Å². The molecule has 1 aliphatic heterocycles. The highest BCUT2D eigenvalue weighted by Gasteiger charge is 2.49. The van der Waals surface area contributed by atoms with Crippen molar-refractivity contribution in [1.82, 2.24) is 10.6 Å². The SMILES string of the molecule is C[C@@H](O)CC(=O)CC(=O)SCCNC(=O)CCNC(=O)[C@@H]1OP(=O)(Oc2ccccc2)OCC1(C)C. The van der Waals surface area contributed by atoms with E-state index in [0.717, 1.165) is 11.8 Å². The van der Waals surface area contributed by atoms with Gasteiger partial charge in [-0.05, 0) is 19.1 Å². The largest absolute Gasteiger partial charge is 0.530 e. The third-order valence-corrected chi connectivity index (χ3v) is 7.16. The second-order valence-corrected chi connectivity index (χ2v) is 11.7. The number of amides is 2. The number of nitrogens with one attached hydrogen (secondary N) is 2. The van der Waals surface area contributed by atoms with E-state index in [0.29, 0.717) is 5.75 Å². The number of hydrogen-bond acceptors (Lipinski definition) is 10. The fraction of sp³-hybridized carbons (Fsp3) is 0.565. The van der Waals surface area contributed by atoms with E-state index in [9.17, 15) is 23.7 Å². The van der Waals surface area contributed by atoms with Crippen molar-refractivity contribution >= 4 is 42.3 Å². The Balaban J connectivity index is 1.71. The van der Waals surface area contributed by atoms with E-state index in [1.807, 2.05) is 0 Å². The molecule has 0 aromatic heterocycles. The number of benzene rings is 1. The molecule has 1 saturated heterocycles. The predicted octanol–water partition coefficient (Wildman–Crippen LogP) is 2.23. The number of phosphoric acid groups is 1. The first-order valence-electron chi connectivity index (χ1n) is 11.5. The number of hydrogen-bond donors (Lipinski definition) is 3. The average Bonchev–Trinajstić information content (AvgIpc) is 2.78. The van der Waals surface area contributed by atoms with Crippen LogP contribution in [0.5, 0.6) is 5.75 Å². The van der Waals surface area contributed by atoms with E-state index in [1.165, 1.54) is 6.92 Å². The third kappa shape index (κ3) is 10.4. The standard InChI is InChI=1S/C23H33N2O9PS/c1-16(26)13-17(27)14-20(29)36-12-11-24-19(28)9-10-25-22(30)21-23(2,3)15-32-35(31,34-21)33-18-7-5-4-6-8-18/h4-8,16,21,26H,9-15H2,1-3H3,(H,24,28)(H,25,30)/t16-,21+,35?/m1/s1. The van der Waals surface area contributed by atoms with Gasteiger partial charge in [0.2, 0.25) is 5.91 Å². The molecule has 2 amide bonds. The van der Waals surface area contributed by atoms with Crippen LogP contribution in [0.1, 0.15) is 40.0 Å². The van der Waals surface area contributed by atoms with E-state index >= 15 is 0 Å². The van der Waals surface area contributed by atoms with E-state index in [1.54, 1.807) is 44.2 Å². The number of thioether (sulfide) groups is 1. The number of ketones is 1. The van der Waals surface area contributed by atoms with Crippen LogP contribution in [0, 0.1) is 5.41 Å². The van der Waals surface area contributed by atoms with Crippen LogP contribution in [0.2, 0.25) is 0 Å². The second kappa shape index (κ2) is 13.9. The third-order valence-electron chi connectivity index (χ3n) is 4.94. The normalized spacial score (nSPS) is 21.7. The van der Waals surface area contributed by atoms with Gasteiger partial charge in [0.1, 0.15) is 11.5 Å². The molecule has 0 aliphatic carbocycles. The number of aliphatic hydroxyl groups excluding tert-OH is 1. The van der Waals surface area contributed by atoms with Gasteiger partial charge in [-0.3, -0.25) is 28.2 Å². The molecule has 36 heavy (non-hydrogen) atoms. The Bertz CT molecular complexity index is 972. The lowest BCUT2D eigenvalue weighted by molar-refractivity contribution is -0.140. The fourth-order valence-electron chi connectivity index (χ4n) is 3.13. The summed E-state index contributed by atoms with van der Waals surface area (Å²) in [6, 6.07) is 8.34. The molecular weight excluding hydrogens is 511 g/mol. The molecule has 1 aromatic rings. The van der Waals surface area contributed by atoms with Gasteiger partial charge in [-0.1, -0.05) is 43.8 Å². The summed E-state index contributed by atoms with van der Waals surface area (Å²) in [7, 11) is -4.02. The van der Waals surface area contributed by atoms with Crippen molar-refractivity contribution in [3.63, 3.8) is 0 Å². The number of Topliss-reactive ketones (excluding diaryl/α,β-unsaturated/α-hetero) is 1. The minimum Gasteiger partial charge on any atom is -0.404 e. The minimum atomic E-state index is -4.02. The van der Waals surface area contributed by atoms with Crippen molar-refractivity contribution in [2.75, 3.05) is 25.4 Å². The van der Waals surface area contributed by atoms with Crippen LogP contribution in [0.4, 0.5) is 0 Å². The number of aliphatic hydroxyl groups is 1. The van der Waals surface area contributed by atoms with E-state index in [2.05, 4.69) is 10.6 Å². The summed E-state index contributed by atoms with van der Waals surface area (Å²) in [6.45, 7) is 5.13. The monoisotopic (exact) mass is 544 g/mol. The maximum Gasteiger partial charge on any atom is 0.530 e. The summed E-state index contributed by atoms with van der Waals surface area (Å²) in [6.07, 6.45) is -2.25. The van der Waals surface area contributed by atoms with E-state index in [-0.39, 0.29) is 61.5 Å². The summed E-state index contributed by atoms with van der Waals surface area (Å²) < 4.78 is 29.1. The predicted molar refractivity (Wildman–Crippen MR) is 133 cm³/mol. The second-order valence-electron chi connectivity index (χ2n) is 8.98. The van der Waals surface area contributed by atoms with E-state index in [4.69, 9.17) is 18.7 Å². The molecule has 1 aliphatic rings. The van der Waals surface area contributed by atoms with Gasteiger partial charge < -0.3 is 20.3 Å². The molecule has 0 saturated carbocycles. The zero-order valence-corrected chi connectivity index (χ0v) is 22.3. The molecule has 1 fully saturated rings. The van der Waals surface area contributed by atoms with Crippen LogP contribution >= 0.6 is 19.6 Å². The van der Waals surface area contributed by atoms with Gasteiger partial charge in [0.15, 0.2) is 11.2 Å². The molecule has 13 heteroatoms. The molecule has 11 nitrogen and oxygen atoms in total. The first-order chi connectivity index (χ1) is 16.9. The lowest BCUT2D eigenvalue weighted by Crippen LogP contribution is -2.50. The minimum absolute atomic E-state index is 0.0148. The Hall–Kier alpha value is -2.24. The Labute approximate surface area is 214 Å². The highest BCUT2D eigenvalue weighted by molar-refractivity contribution is 8.13. The number of para-hydroxylation sites is 1. The molecule has 1 aromatic carbocycles. The van der Waals surface area contributed by atoms with Crippen molar-refractivity contribution in [2.24, 2.45) is 5.41 Å². The van der Waals surface area contributed by atoms with Gasteiger partial charge in [-0.2, -0.15) is 0 Å². The van der Waals surface area contributed by atoms with Gasteiger partial charge in [0.25, 0.3) is 5.91 Å². The maximum atomic E-state index is 12.9. The lowest BCUT2D eigenvalue weighted by Gasteiger charge is -2.39. The molecule has 3 N–H and O–H groups in total. The lowest BCUT2D eigenvalue weighted by atomic mass is 9.87. The fourth-order valence-corrected chi connectivity index (χ4v) is 5.50. The molecule has 1 unspecified atom stereocenters. The zero-order chi connectivity index (χ0) is 26.8. The number of carbonyl (C=O) groups excluding carboxylic acids is 4. The van der Waals surface area contributed by atoms with Crippen LogP contribution in [-0.4, -0.2) is 65.5 Å². The van der Waals surface area contributed by atoms with E-state index < -0.39 is 31.4 Å². The quantitative estimate of drug-likeness (QED) is 0.191. The van der Waals surface area contributed by atoms with Crippen LogP contribution in [0.15, 0.2) is 30.3 Å². The molecule has 200 valence electrons. The summed E-state index contributed by atoms with van der Waals surface area (Å²) >= 11 is 0.929. The summed E-state index contributed by atoms with van der Waals surface area (Å²) in [5.74, 6) is -0.640. The number of carbonyl (C=O) groups is 4. The number of rotatable bonds is 13. The van der Waals surface area contributed by atoms with Crippen LogP contribution < -0.4 is 15.2 Å². The zero-order valence-electron chi connectivity index (χ0n) is 20.6. The van der Waals surface area contributed by atoms with Crippen LogP contribution in [0.25, 0.3) is 0 Å². The topological polar surface area (TPSA) is 157 Å². The number of phosphoric ester groups is 1. The highest BCUT2D eigenvalue weighted by atomic mass is 32.2. The maximum absolute atomic E-state index is 12.9. The highest BCUT2D eigenvalue weighted by Crippen LogP contribution is 2.56. The van der Waals surface area contributed by atoms with Gasteiger partial charge >= 0.3 is 7.82 Å². The van der Waals surface area contributed by atoms with Gasteiger partial charge in [0, 0.05) is 37.1 Å². The summed E-state index contributed by atoms with van der Waals surface area (Å²) in [5, 5.41) is 14.1. The Morgan fingerprint density at radius 3 is 2.56 bits per heavy atom. The van der Waals surface area contributed by atoms with Gasteiger partial charge in [-0.15, -0.1) is 0 Å². The Kier molecular flexibility index (Phi) is 11.6. The molecule has 0 radical (unpaired) electrons. The van der Waals surface area contributed by atoms with Crippen molar-refractivity contribution in [3.8, 4) is 5.75 Å². The van der Waals surface area contributed by atoms with Crippen molar-refractivity contribution < 1.29 is 42.4 Å². The molecule has 0 spiro atoms. The van der Waals surface area contributed by atoms with Crippen molar-refractivity contribution in [1.29, 1.82) is 0 Å². The molecule has 0 bridgehead atoms. The smallest absolute Gasteiger partial charge is 0.404 e. The summed E-state index contributed by atoms with van der Waals surface area (Å²) in [4.78, 5) is 48.0. The van der Waals surface area contributed by atoms with Crippen LogP contribution in [-0.2, 0) is 32.8 Å². The Morgan fingerprint density at radius 2 is 1.89 bits per heavy atom. The van der Waals surface area contributed by atoms with Gasteiger partial charge in [0.05, 0.1) is 19.1 Å². The molecule has 2 rings (SSSR count). The molecule has 1 heterocycles. The molecular formula is C23H33N2O9PS. The molecule has 3 atom stereocenters. The summed E-state index contributed by atoms with van der Waals surface area (Å²) in [5.41, 5.74) is -0.791. The van der Waals surface area contributed by atoms with Crippen molar-refractivity contribution in [3.05, 3.63) is 30.3 Å². The average molecular weight is 545 g/mol. The van der Waals surface area contributed by atoms with Crippen molar-refractivity contribution in [2.45, 2.75) is 52.2 Å².